The average molecular weight is 332 g/mol. The van der Waals surface area contributed by atoms with Gasteiger partial charge in [0.2, 0.25) is 0 Å². The zero-order valence-corrected chi connectivity index (χ0v) is 13.8. The Morgan fingerprint density at radius 3 is 2.48 bits per heavy atom. The van der Waals surface area contributed by atoms with Crippen LogP contribution in [0.4, 0.5) is 0 Å². The fourth-order valence-electron chi connectivity index (χ4n) is 1.88. The molecule has 0 unspecified atom stereocenters. The maximum absolute atomic E-state index is 12.0. The van der Waals surface area contributed by atoms with Crippen LogP contribution in [0.5, 0.6) is 11.5 Å². The summed E-state index contributed by atoms with van der Waals surface area (Å²) < 4.78 is 10.4. The van der Waals surface area contributed by atoms with Gasteiger partial charge in [0.05, 0.1) is 12.9 Å². The van der Waals surface area contributed by atoms with Crippen molar-refractivity contribution < 1.29 is 19.1 Å². The highest BCUT2D eigenvalue weighted by Crippen LogP contribution is 2.28. The van der Waals surface area contributed by atoms with Crippen molar-refractivity contribution in [2.75, 3.05) is 12.9 Å². The summed E-state index contributed by atoms with van der Waals surface area (Å²) in [5.74, 6) is 0.220. The molecule has 0 N–H and O–H groups in total. The van der Waals surface area contributed by atoms with Crippen LogP contribution in [0.15, 0.2) is 29.4 Å². The van der Waals surface area contributed by atoms with Gasteiger partial charge in [0.1, 0.15) is 6.29 Å². The van der Waals surface area contributed by atoms with Crippen molar-refractivity contribution in [2.45, 2.75) is 19.0 Å². The Balaban J connectivity index is 2.00. The summed E-state index contributed by atoms with van der Waals surface area (Å²) in [5.41, 5.74) is 2.14. The lowest BCUT2D eigenvalue weighted by Gasteiger charge is -2.09. The van der Waals surface area contributed by atoms with Gasteiger partial charge in [-0.25, -0.2) is 9.97 Å². The molecule has 0 aliphatic heterocycles. The van der Waals surface area contributed by atoms with E-state index in [1.54, 1.807) is 6.07 Å². The molecule has 1 heterocycles. The third-order valence-electron chi connectivity index (χ3n) is 2.83. The van der Waals surface area contributed by atoms with E-state index in [1.165, 1.54) is 31.0 Å². The molecule has 6 nitrogen and oxygen atoms in total. The number of aromatic nitrogens is 2. The van der Waals surface area contributed by atoms with Gasteiger partial charge in [-0.1, -0.05) is 11.8 Å². The van der Waals surface area contributed by atoms with E-state index in [2.05, 4.69) is 9.97 Å². The van der Waals surface area contributed by atoms with E-state index in [0.29, 0.717) is 22.8 Å². The number of benzene rings is 1. The molecule has 7 heteroatoms. The number of thioether (sulfide) groups is 1. The topological polar surface area (TPSA) is 78.4 Å². The molecule has 0 saturated heterocycles. The monoisotopic (exact) mass is 332 g/mol. The van der Waals surface area contributed by atoms with Crippen molar-refractivity contribution in [1.82, 2.24) is 9.97 Å². The van der Waals surface area contributed by atoms with Gasteiger partial charge in [-0.2, -0.15) is 0 Å². The van der Waals surface area contributed by atoms with Crippen LogP contribution in [0.25, 0.3) is 0 Å². The molecule has 0 amide bonds. The SMILES string of the molecule is COc1cc(C=O)ccc1OC(=O)CSc1nc(C)cc(C)n1. The Bertz CT molecular complexity index is 714. The van der Waals surface area contributed by atoms with Gasteiger partial charge in [-0.3, -0.25) is 9.59 Å². The standard InChI is InChI=1S/C16H16N2O4S/c1-10-6-11(2)18-16(17-10)23-9-15(20)22-13-5-4-12(8-19)7-14(13)21-3/h4-8H,9H2,1-3H3. The lowest BCUT2D eigenvalue weighted by atomic mass is 10.2. The Morgan fingerprint density at radius 2 is 1.87 bits per heavy atom. The Kier molecular flexibility index (Phi) is 5.70. The number of rotatable bonds is 6. The van der Waals surface area contributed by atoms with E-state index >= 15 is 0 Å². The summed E-state index contributed by atoms with van der Waals surface area (Å²) in [6.45, 7) is 3.74. The summed E-state index contributed by atoms with van der Waals surface area (Å²) in [6, 6.07) is 6.45. The summed E-state index contributed by atoms with van der Waals surface area (Å²) in [4.78, 5) is 31.2. The Hall–Kier alpha value is -2.41. The summed E-state index contributed by atoms with van der Waals surface area (Å²) in [7, 11) is 1.44. The number of carbonyl (C=O) groups is 2. The summed E-state index contributed by atoms with van der Waals surface area (Å²) >= 11 is 1.20. The van der Waals surface area contributed by atoms with E-state index in [-0.39, 0.29) is 11.5 Å². The predicted octanol–water partition coefficient (Wildman–Crippen LogP) is 2.61. The van der Waals surface area contributed by atoms with Crippen LogP contribution in [0.1, 0.15) is 21.7 Å². The van der Waals surface area contributed by atoms with Crippen LogP contribution in [-0.4, -0.2) is 35.1 Å². The first-order chi connectivity index (χ1) is 11.0. The molecule has 1 aromatic carbocycles. The predicted molar refractivity (Wildman–Crippen MR) is 86.2 cm³/mol. The maximum atomic E-state index is 12.0. The molecule has 0 spiro atoms. The van der Waals surface area contributed by atoms with Gasteiger partial charge < -0.3 is 9.47 Å². The van der Waals surface area contributed by atoms with E-state index < -0.39 is 5.97 Å². The molecule has 23 heavy (non-hydrogen) atoms. The van der Waals surface area contributed by atoms with E-state index in [9.17, 15) is 9.59 Å². The molecule has 0 aliphatic rings. The largest absolute Gasteiger partial charge is 0.493 e. The van der Waals surface area contributed by atoms with Gasteiger partial charge in [-0.15, -0.1) is 0 Å². The third-order valence-corrected chi connectivity index (χ3v) is 3.65. The van der Waals surface area contributed by atoms with Crippen LogP contribution in [0, 0.1) is 13.8 Å². The van der Waals surface area contributed by atoms with Crippen LogP contribution in [0.3, 0.4) is 0 Å². The second kappa shape index (κ2) is 7.73. The number of ether oxygens (including phenoxy) is 2. The van der Waals surface area contributed by atoms with Crippen LogP contribution >= 0.6 is 11.8 Å². The molecule has 2 rings (SSSR count). The van der Waals surface area contributed by atoms with E-state index in [1.807, 2.05) is 19.9 Å². The fraction of sp³-hybridized carbons (Fsp3) is 0.250. The van der Waals surface area contributed by atoms with E-state index in [0.717, 1.165) is 11.4 Å². The zero-order valence-electron chi connectivity index (χ0n) is 13.0. The van der Waals surface area contributed by atoms with Crippen LogP contribution in [-0.2, 0) is 4.79 Å². The molecule has 120 valence electrons. The Labute approximate surface area is 138 Å². The molecular weight excluding hydrogens is 316 g/mol. The Morgan fingerprint density at radius 1 is 1.17 bits per heavy atom. The number of esters is 1. The molecule has 0 aliphatic carbocycles. The van der Waals surface area contributed by atoms with Crippen LogP contribution in [0.2, 0.25) is 0 Å². The first kappa shape index (κ1) is 17.0. The highest BCUT2D eigenvalue weighted by molar-refractivity contribution is 7.99. The van der Waals surface area contributed by atoms with Gasteiger partial charge in [-0.05, 0) is 38.1 Å². The van der Waals surface area contributed by atoms with Crippen molar-refractivity contribution >= 4 is 24.0 Å². The number of hydrogen-bond donors (Lipinski definition) is 0. The number of hydrogen-bond acceptors (Lipinski definition) is 7. The second-order valence-corrected chi connectivity index (χ2v) is 5.67. The summed E-state index contributed by atoms with van der Waals surface area (Å²) in [5, 5.41) is 0.530. The van der Waals surface area contributed by atoms with Gasteiger partial charge in [0, 0.05) is 17.0 Å². The molecule has 0 radical (unpaired) electrons. The number of methoxy groups -OCH3 is 1. The van der Waals surface area contributed by atoms with Crippen molar-refractivity contribution in [3.8, 4) is 11.5 Å². The first-order valence-corrected chi connectivity index (χ1v) is 7.79. The third kappa shape index (κ3) is 4.79. The van der Waals surface area contributed by atoms with Crippen molar-refractivity contribution in [2.24, 2.45) is 0 Å². The van der Waals surface area contributed by atoms with Crippen LogP contribution < -0.4 is 9.47 Å². The lowest BCUT2D eigenvalue weighted by Crippen LogP contribution is -2.12. The molecule has 0 fully saturated rings. The van der Waals surface area contributed by atoms with Gasteiger partial charge >= 0.3 is 5.97 Å². The van der Waals surface area contributed by atoms with Gasteiger partial charge in [0.15, 0.2) is 16.7 Å². The van der Waals surface area contributed by atoms with E-state index in [4.69, 9.17) is 9.47 Å². The quantitative estimate of drug-likeness (QED) is 0.264. The van der Waals surface area contributed by atoms with Crippen molar-refractivity contribution in [1.29, 1.82) is 0 Å². The summed E-state index contributed by atoms with van der Waals surface area (Å²) in [6.07, 6.45) is 0.696. The minimum atomic E-state index is -0.449. The second-order valence-electron chi connectivity index (χ2n) is 4.72. The molecule has 0 atom stereocenters. The van der Waals surface area contributed by atoms with Crippen molar-refractivity contribution in [3.63, 3.8) is 0 Å². The molecular formula is C16H16N2O4S. The number of carbonyl (C=O) groups excluding carboxylic acids is 2. The minimum absolute atomic E-state index is 0.0709. The minimum Gasteiger partial charge on any atom is -0.493 e. The van der Waals surface area contributed by atoms with Crippen molar-refractivity contribution in [3.05, 3.63) is 41.2 Å². The average Bonchev–Trinajstić information content (AvgIpc) is 2.52. The molecule has 1 aromatic heterocycles. The number of aryl methyl sites for hydroxylation is 2. The number of nitrogens with zero attached hydrogens (tertiary/aromatic N) is 2. The highest BCUT2D eigenvalue weighted by Gasteiger charge is 2.12. The van der Waals surface area contributed by atoms with Gasteiger partial charge in [0.25, 0.3) is 0 Å². The number of aldehydes is 1. The maximum Gasteiger partial charge on any atom is 0.321 e. The first-order valence-electron chi connectivity index (χ1n) is 6.81. The molecule has 0 saturated carbocycles. The highest BCUT2D eigenvalue weighted by atomic mass is 32.2. The normalized spacial score (nSPS) is 10.2. The lowest BCUT2D eigenvalue weighted by molar-refractivity contribution is -0.131. The molecule has 2 aromatic rings. The smallest absolute Gasteiger partial charge is 0.321 e. The fourth-order valence-corrected chi connectivity index (χ4v) is 2.60. The zero-order chi connectivity index (χ0) is 16.8. The molecule has 0 bridgehead atoms.